The Balaban J connectivity index is 2.50. The molecule has 0 atom stereocenters. The molecule has 0 saturated carbocycles. The number of nitrogens with one attached hydrogen (secondary N) is 1. The first kappa shape index (κ1) is 15.1. The molecule has 0 aliphatic carbocycles. The second kappa shape index (κ2) is 5.61. The minimum atomic E-state index is -4.05. The lowest BCUT2D eigenvalue weighted by atomic mass is 10.3. The van der Waals surface area contributed by atoms with Gasteiger partial charge >= 0.3 is 0 Å². The molecule has 1 heterocycles. The number of hydrogen-bond donors (Lipinski definition) is 2. The maximum Gasteiger partial charge on any atom is 0.266 e. The van der Waals surface area contributed by atoms with E-state index in [4.69, 9.17) is 40.5 Å². The maximum atomic E-state index is 12.3. The number of aromatic nitrogens is 2. The van der Waals surface area contributed by atoms with Gasteiger partial charge in [-0.2, -0.15) is 0 Å². The van der Waals surface area contributed by atoms with Crippen LogP contribution in [0.2, 0.25) is 15.2 Å². The standard InChI is InChI=1S/C10H7Cl3N4O2S/c11-5-2-1-3-6(14)8(5)20(18,19)17-10-7(12)9(13)15-4-16-10/h1-4H,14H2,(H,15,16,17). The highest BCUT2D eigenvalue weighted by Gasteiger charge is 2.23. The number of anilines is 2. The fraction of sp³-hybridized carbons (Fsp3) is 0. The molecule has 1 aromatic carbocycles. The van der Waals surface area contributed by atoms with Crippen LogP contribution in [-0.4, -0.2) is 18.4 Å². The topological polar surface area (TPSA) is 98.0 Å². The maximum absolute atomic E-state index is 12.3. The quantitative estimate of drug-likeness (QED) is 0.653. The van der Waals surface area contributed by atoms with Crippen molar-refractivity contribution in [3.05, 3.63) is 39.7 Å². The molecule has 0 fully saturated rings. The number of benzene rings is 1. The van der Waals surface area contributed by atoms with Gasteiger partial charge in [-0.15, -0.1) is 0 Å². The minimum absolute atomic E-state index is 0.00118. The van der Waals surface area contributed by atoms with E-state index < -0.39 is 10.0 Å². The van der Waals surface area contributed by atoms with Gasteiger partial charge in [-0.25, -0.2) is 18.4 Å². The van der Waals surface area contributed by atoms with E-state index in [0.717, 1.165) is 6.33 Å². The third-order valence-electron chi connectivity index (χ3n) is 2.24. The molecular weight excluding hydrogens is 347 g/mol. The van der Waals surface area contributed by atoms with E-state index in [1.165, 1.54) is 18.2 Å². The number of hydrogen-bond acceptors (Lipinski definition) is 5. The van der Waals surface area contributed by atoms with Crippen molar-refractivity contribution >= 4 is 56.3 Å². The Morgan fingerprint density at radius 1 is 1.15 bits per heavy atom. The lowest BCUT2D eigenvalue weighted by molar-refractivity contribution is 0.601. The van der Waals surface area contributed by atoms with Gasteiger partial charge in [-0.05, 0) is 12.1 Å². The molecule has 0 spiro atoms. The average molecular weight is 354 g/mol. The normalized spacial score (nSPS) is 11.3. The number of sulfonamides is 1. The summed E-state index contributed by atoms with van der Waals surface area (Å²) >= 11 is 17.4. The van der Waals surface area contributed by atoms with Crippen LogP contribution in [0, 0.1) is 0 Å². The largest absolute Gasteiger partial charge is 0.398 e. The summed E-state index contributed by atoms with van der Waals surface area (Å²) in [6.07, 6.45) is 1.07. The Morgan fingerprint density at radius 3 is 2.50 bits per heavy atom. The molecule has 20 heavy (non-hydrogen) atoms. The third kappa shape index (κ3) is 2.90. The highest BCUT2D eigenvalue weighted by Crippen LogP contribution is 2.31. The van der Waals surface area contributed by atoms with Gasteiger partial charge < -0.3 is 5.73 Å². The van der Waals surface area contributed by atoms with Crippen LogP contribution in [0.1, 0.15) is 0 Å². The molecule has 2 aromatic rings. The minimum Gasteiger partial charge on any atom is -0.398 e. The fourth-order valence-corrected chi connectivity index (χ4v) is 3.44. The summed E-state index contributed by atoms with van der Waals surface area (Å²) in [7, 11) is -4.05. The monoisotopic (exact) mass is 352 g/mol. The van der Waals surface area contributed by atoms with Crippen LogP contribution < -0.4 is 10.5 Å². The van der Waals surface area contributed by atoms with Crippen LogP contribution in [0.3, 0.4) is 0 Å². The summed E-state index contributed by atoms with van der Waals surface area (Å²) in [5.41, 5.74) is 5.63. The van der Waals surface area contributed by atoms with E-state index in [0.29, 0.717) is 0 Å². The molecule has 0 aliphatic rings. The molecular formula is C10H7Cl3N4O2S. The van der Waals surface area contributed by atoms with Crippen LogP contribution >= 0.6 is 34.8 Å². The molecule has 0 amide bonds. The van der Waals surface area contributed by atoms with Crippen LogP contribution in [0.5, 0.6) is 0 Å². The summed E-state index contributed by atoms with van der Waals surface area (Å²) < 4.78 is 26.7. The summed E-state index contributed by atoms with van der Waals surface area (Å²) in [6, 6.07) is 4.35. The van der Waals surface area contributed by atoms with Gasteiger partial charge in [0.05, 0.1) is 10.7 Å². The van der Waals surface area contributed by atoms with Gasteiger partial charge in [-0.3, -0.25) is 4.72 Å². The van der Waals surface area contributed by atoms with Gasteiger partial charge in [0.15, 0.2) is 11.0 Å². The number of halogens is 3. The third-order valence-corrected chi connectivity index (χ3v) is 4.87. The molecule has 3 N–H and O–H groups in total. The molecule has 2 rings (SSSR count). The summed E-state index contributed by atoms with van der Waals surface area (Å²) in [5, 5.41) is -0.219. The average Bonchev–Trinajstić information content (AvgIpc) is 2.34. The van der Waals surface area contributed by atoms with Crippen molar-refractivity contribution in [2.45, 2.75) is 4.90 Å². The van der Waals surface area contributed by atoms with Gasteiger partial charge in [0.1, 0.15) is 16.2 Å². The molecule has 106 valence electrons. The summed E-state index contributed by atoms with van der Waals surface area (Å²) in [5.74, 6) is -0.161. The Morgan fingerprint density at radius 2 is 1.85 bits per heavy atom. The number of nitrogen functional groups attached to an aromatic ring is 1. The molecule has 0 saturated heterocycles. The first-order chi connectivity index (χ1) is 9.33. The van der Waals surface area contributed by atoms with Crippen LogP contribution in [0.15, 0.2) is 29.4 Å². The van der Waals surface area contributed by atoms with Crippen molar-refractivity contribution in [1.29, 1.82) is 0 Å². The predicted octanol–water partition coefficient (Wildman–Crippen LogP) is 2.82. The van der Waals surface area contributed by atoms with E-state index in [9.17, 15) is 8.42 Å². The summed E-state index contributed by atoms with van der Waals surface area (Å²) in [6.45, 7) is 0. The van der Waals surface area contributed by atoms with Crippen molar-refractivity contribution in [3.8, 4) is 0 Å². The van der Waals surface area contributed by atoms with Crippen molar-refractivity contribution in [2.24, 2.45) is 0 Å². The first-order valence-electron chi connectivity index (χ1n) is 5.05. The van der Waals surface area contributed by atoms with Crippen LogP contribution in [-0.2, 0) is 10.0 Å². The van der Waals surface area contributed by atoms with Gasteiger partial charge in [0.25, 0.3) is 10.0 Å². The first-order valence-corrected chi connectivity index (χ1v) is 7.67. The van der Waals surface area contributed by atoms with E-state index in [1.54, 1.807) is 0 Å². The number of nitrogens with zero attached hydrogens (tertiary/aromatic N) is 2. The molecule has 0 bridgehead atoms. The molecule has 0 aliphatic heterocycles. The zero-order valence-corrected chi connectivity index (χ0v) is 12.7. The van der Waals surface area contributed by atoms with Crippen LogP contribution in [0.4, 0.5) is 11.5 Å². The zero-order chi connectivity index (χ0) is 14.9. The van der Waals surface area contributed by atoms with Gasteiger partial charge in [0.2, 0.25) is 0 Å². The highest BCUT2D eigenvalue weighted by molar-refractivity contribution is 7.93. The number of rotatable bonds is 3. The van der Waals surface area contributed by atoms with Crippen molar-refractivity contribution in [3.63, 3.8) is 0 Å². The lowest BCUT2D eigenvalue weighted by Crippen LogP contribution is -2.16. The van der Waals surface area contributed by atoms with Gasteiger partial charge in [-0.1, -0.05) is 40.9 Å². The van der Waals surface area contributed by atoms with E-state index >= 15 is 0 Å². The van der Waals surface area contributed by atoms with E-state index in [1.807, 2.05) is 0 Å². The van der Waals surface area contributed by atoms with E-state index in [2.05, 4.69) is 14.7 Å². The van der Waals surface area contributed by atoms with Gasteiger partial charge in [0, 0.05) is 0 Å². The molecule has 6 nitrogen and oxygen atoms in total. The Bertz CT molecular complexity index is 747. The smallest absolute Gasteiger partial charge is 0.266 e. The summed E-state index contributed by atoms with van der Waals surface area (Å²) in [4.78, 5) is 7.06. The molecule has 1 aromatic heterocycles. The molecule has 10 heteroatoms. The van der Waals surface area contributed by atoms with Crippen molar-refractivity contribution in [1.82, 2.24) is 9.97 Å². The Labute approximate surface area is 129 Å². The highest BCUT2D eigenvalue weighted by atomic mass is 35.5. The second-order valence-corrected chi connectivity index (χ2v) is 6.35. The Hall–Kier alpha value is -1.28. The molecule has 0 unspecified atom stereocenters. The zero-order valence-electron chi connectivity index (χ0n) is 9.64. The number of nitrogens with two attached hydrogens (primary N) is 1. The van der Waals surface area contributed by atoms with Crippen LogP contribution in [0.25, 0.3) is 0 Å². The second-order valence-electron chi connectivity index (χ2n) is 3.59. The Kier molecular flexibility index (Phi) is 4.24. The SMILES string of the molecule is Nc1cccc(Cl)c1S(=O)(=O)Nc1ncnc(Cl)c1Cl. The molecule has 0 radical (unpaired) electrons. The van der Waals surface area contributed by atoms with E-state index in [-0.39, 0.29) is 31.6 Å². The predicted molar refractivity (Wildman–Crippen MR) is 78.7 cm³/mol. The fourth-order valence-electron chi connectivity index (χ4n) is 1.41. The lowest BCUT2D eigenvalue weighted by Gasteiger charge is -2.11. The van der Waals surface area contributed by atoms with Crippen molar-refractivity contribution < 1.29 is 8.42 Å². The van der Waals surface area contributed by atoms with Crippen molar-refractivity contribution in [2.75, 3.05) is 10.5 Å².